The molecule has 2 N–H and O–H groups in total. The third-order valence-corrected chi connectivity index (χ3v) is 4.45. The first-order chi connectivity index (χ1) is 9.49. The number of aliphatic hydroxyl groups excluding tert-OH is 1. The number of hydrogen-bond donors (Lipinski definition) is 2. The standard InChI is InChI=1S/C16H22N2OS/c1-16(2,3)15-18-10-14(20-15)9-17-8-12-4-6-13(11-19)7-5-12/h4-7,10,17,19H,8-9,11H2,1-3H3. The van der Waals surface area contributed by atoms with Crippen molar-refractivity contribution >= 4 is 11.3 Å². The predicted octanol–water partition coefficient (Wildman–Crippen LogP) is 3.22. The molecule has 3 nitrogen and oxygen atoms in total. The van der Waals surface area contributed by atoms with Gasteiger partial charge in [0, 0.05) is 29.6 Å². The fourth-order valence-corrected chi connectivity index (χ4v) is 2.77. The van der Waals surface area contributed by atoms with Gasteiger partial charge < -0.3 is 10.4 Å². The quantitative estimate of drug-likeness (QED) is 0.888. The number of aromatic nitrogens is 1. The summed E-state index contributed by atoms with van der Waals surface area (Å²) in [7, 11) is 0. The number of nitrogens with zero attached hydrogens (tertiary/aromatic N) is 1. The third kappa shape index (κ3) is 4.13. The summed E-state index contributed by atoms with van der Waals surface area (Å²) in [5, 5.41) is 13.6. The van der Waals surface area contributed by atoms with Crippen LogP contribution in [0, 0.1) is 0 Å². The summed E-state index contributed by atoms with van der Waals surface area (Å²) in [5.41, 5.74) is 2.30. The SMILES string of the molecule is CC(C)(C)c1ncc(CNCc2ccc(CO)cc2)s1. The van der Waals surface area contributed by atoms with Gasteiger partial charge in [0.1, 0.15) is 0 Å². The first-order valence-electron chi connectivity index (χ1n) is 6.83. The highest BCUT2D eigenvalue weighted by Gasteiger charge is 2.17. The molecule has 2 aromatic rings. The molecule has 0 unspecified atom stereocenters. The predicted molar refractivity (Wildman–Crippen MR) is 83.7 cm³/mol. The molecule has 0 saturated carbocycles. The highest BCUT2D eigenvalue weighted by molar-refractivity contribution is 7.11. The van der Waals surface area contributed by atoms with Gasteiger partial charge in [-0.3, -0.25) is 0 Å². The van der Waals surface area contributed by atoms with Crippen molar-refractivity contribution in [1.29, 1.82) is 0 Å². The van der Waals surface area contributed by atoms with Crippen LogP contribution in [0.2, 0.25) is 0 Å². The van der Waals surface area contributed by atoms with Crippen molar-refractivity contribution in [2.24, 2.45) is 0 Å². The number of rotatable bonds is 5. The van der Waals surface area contributed by atoms with Crippen molar-refractivity contribution < 1.29 is 5.11 Å². The number of aliphatic hydroxyl groups is 1. The van der Waals surface area contributed by atoms with E-state index in [1.54, 1.807) is 11.3 Å². The van der Waals surface area contributed by atoms with Crippen LogP contribution in [0.3, 0.4) is 0 Å². The van der Waals surface area contributed by atoms with E-state index in [1.165, 1.54) is 15.4 Å². The van der Waals surface area contributed by atoms with Crippen molar-refractivity contribution in [2.75, 3.05) is 0 Å². The molecule has 0 aliphatic carbocycles. The van der Waals surface area contributed by atoms with Crippen LogP contribution < -0.4 is 5.32 Å². The minimum absolute atomic E-state index is 0.101. The Hall–Kier alpha value is -1.23. The maximum atomic E-state index is 9.00. The molecule has 0 bridgehead atoms. The van der Waals surface area contributed by atoms with Crippen LogP contribution in [0.15, 0.2) is 30.5 Å². The van der Waals surface area contributed by atoms with E-state index in [2.05, 4.69) is 31.1 Å². The topological polar surface area (TPSA) is 45.2 Å². The summed E-state index contributed by atoms with van der Waals surface area (Å²) in [6, 6.07) is 8.01. The monoisotopic (exact) mass is 290 g/mol. The summed E-state index contributed by atoms with van der Waals surface area (Å²) in [6.45, 7) is 8.33. The molecule has 20 heavy (non-hydrogen) atoms. The number of benzene rings is 1. The molecule has 2 rings (SSSR count). The minimum atomic E-state index is 0.101. The smallest absolute Gasteiger partial charge is 0.0981 e. The fraction of sp³-hybridized carbons (Fsp3) is 0.438. The molecule has 0 radical (unpaired) electrons. The summed E-state index contributed by atoms with van der Waals surface area (Å²) < 4.78 is 0. The van der Waals surface area contributed by atoms with Crippen molar-refractivity contribution in [3.05, 3.63) is 51.5 Å². The Kier molecular flexibility index (Phi) is 4.91. The fourth-order valence-electron chi connectivity index (χ4n) is 1.83. The van der Waals surface area contributed by atoms with E-state index >= 15 is 0 Å². The van der Waals surface area contributed by atoms with Crippen LogP contribution >= 0.6 is 11.3 Å². The van der Waals surface area contributed by atoms with Crippen molar-refractivity contribution in [3.8, 4) is 0 Å². The second-order valence-electron chi connectivity index (χ2n) is 5.96. The van der Waals surface area contributed by atoms with Gasteiger partial charge in [0.15, 0.2) is 0 Å². The molecule has 0 amide bonds. The maximum Gasteiger partial charge on any atom is 0.0981 e. The highest BCUT2D eigenvalue weighted by atomic mass is 32.1. The lowest BCUT2D eigenvalue weighted by Gasteiger charge is -2.13. The first kappa shape index (κ1) is 15.2. The summed E-state index contributed by atoms with van der Waals surface area (Å²) in [6.07, 6.45) is 1.97. The van der Waals surface area contributed by atoms with E-state index < -0.39 is 0 Å². The van der Waals surface area contributed by atoms with Gasteiger partial charge in [-0.2, -0.15) is 0 Å². The molecule has 0 fully saturated rings. The number of nitrogens with one attached hydrogen (secondary N) is 1. The number of thiazole rings is 1. The Morgan fingerprint density at radius 3 is 2.30 bits per heavy atom. The summed E-state index contributed by atoms with van der Waals surface area (Å²) in [4.78, 5) is 5.75. The normalized spacial score (nSPS) is 11.8. The van der Waals surface area contributed by atoms with Crippen LogP contribution in [0.1, 0.15) is 41.8 Å². The molecule has 0 spiro atoms. The summed E-state index contributed by atoms with van der Waals surface area (Å²) >= 11 is 1.77. The van der Waals surface area contributed by atoms with Crippen molar-refractivity contribution in [2.45, 2.75) is 45.9 Å². The second-order valence-corrected chi connectivity index (χ2v) is 7.08. The molecule has 1 heterocycles. The van der Waals surface area contributed by atoms with Crippen LogP contribution in [0.4, 0.5) is 0 Å². The van der Waals surface area contributed by atoms with Gasteiger partial charge in [-0.15, -0.1) is 11.3 Å². The molecular formula is C16H22N2OS. The van der Waals surface area contributed by atoms with Crippen LogP contribution in [-0.4, -0.2) is 10.1 Å². The van der Waals surface area contributed by atoms with E-state index in [4.69, 9.17) is 5.11 Å². The van der Waals surface area contributed by atoms with E-state index in [9.17, 15) is 0 Å². The zero-order chi connectivity index (χ0) is 14.6. The van der Waals surface area contributed by atoms with Gasteiger partial charge >= 0.3 is 0 Å². The first-order valence-corrected chi connectivity index (χ1v) is 7.65. The van der Waals surface area contributed by atoms with E-state index in [0.717, 1.165) is 18.7 Å². The van der Waals surface area contributed by atoms with E-state index in [0.29, 0.717) is 0 Å². The van der Waals surface area contributed by atoms with Gasteiger partial charge in [-0.25, -0.2) is 4.98 Å². The maximum absolute atomic E-state index is 9.00. The lowest BCUT2D eigenvalue weighted by atomic mass is 9.98. The van der Waals surface area contributed by atoms with Gasteiger partial charge in [0.05, 0.1) is 11.6 Å². The molecule has 108 valence electrons. The van der Waals surface area contributed by atoms with E-state index in [1.807, 2.05) is 30.5 Å². The number of hydrogen-bond acceptors (Lipinski definition) is 4. The molecular weight excluding hydrogens is 268 g/mol. The van der Waals surface area contributed by atoms with Crippen LogP contribution in [0.25, 0.3) is 0 Å². The Balaban J connectivity index is 1.84. The molecule has 0 atom stereocenters. The molecule has 4 heteroatoms. The average molecular weight is 290 g/mol. The molecule has 1 aromatic heterocycles. The lowest BCUT2D eigenvalue weighted by Crippen LogP contribution is -2.12. The summed E-state index contributed by atoms with van der Waals surface area (Å²) in [5.74, 6) is 0. The Labute approximate surface area is 124 Å². The van der Waals surface area contributed by atoms with Crippen LogP contribution in [0.5, 0.6) is 0 Å². The van der Waals surface area contributed by atoms with Gasteiger partial charge in [0.25, 0.3) is 0 Å². The molecule has 0 aliphatic rings. The van der Waals surface area contributed by atoms with Gasteiger partial charge in [-0.1, -0.05) is 45.0 Å². The Morgan fingerprint density at radius 1 is 1.10 bits per heavy atom. The zero-order valence-corrected chi connectivity index (χ0v) is 13.1. The third-order valence-electron chi connectivity index (χ3n) is 3.03. The largest absolute Gasteiger partial charge is 0.392 e. The van der Waals surface area contributed by atoms with Gasteiger partial charge in [0.2, 0.25) is 0 Å². The minimum Gasteiger partial charge on any atom is -0.392 e. The molecule has 1 aromatic carbocycles. The molecule has 0 aliphatic heterocycles. The van der Waals surface area contributed by atoms with Crippen LogP contribution in [-0.2, 0) is 25.1 Å². The highest BCUT2D eigenvalue weighted by Crippen LogP contribution is 2.26. The Morgan fingerprint density at radius 2 is 1.75 bits per heavy atom. The van der Waals surface area contributed by atoms with Gasteiger partial charge in [-0.05, 0) is 11.1 Å². The lowest BCUT2D eigenvalue weighted by molar-refractivity contribution is 0.282. The van der Waals surface area contributed by atoms with E-state index in [-0.39, 0.29) is 12.0 Å². The average Bonchev–Trinajstić information content (AvgIpc) is 2.88. The molecule has 0 saturated heterocycles. The van der Waals surface area contributed by atoms with Crippen molar-refractivity contribution in [1.82, 2.24) is 10.3 Å². The van der Waals surface area contributed by atoms with Crippen molar-refractivity contribution in [3.63, 3.8) is 0 Å². The second kappa shape index (κ2) is 6.48. The Bertz CT molecular complexity index is 540. The zero-order valence-electron chi connectivity index (χ0n) is 12.3.